The Morgan fingerprint density at radius 2 is 1.31 bits per heavy atom. The largest absolute Gasteiger partial charge is 0.320 e. The maximum absolute atomic E-state index is 11.7. The van der Waals surface area contributed by atoms with Crippen molar-refractivity contribution in [2.75, 3.05) is 13.1 Å². The molecule has 2 unspecified atom stereocenters. The molecule has 2 aliphatic heterocycles. The zero-order chi connectivity index (χ0) is 11.7. The number of nitrogens with zero attached hydrogens (tertiary/aromatic N) is 2. The third kappa shape index (κ3) is 1.58. The van der Waals surface area contributed by atoms with Crippen LogP contribution in [0.3, 0.4) is 0 Å². The number of hydrogen-bond donors (Lipinski definition) is 2. The molecule has 2 rings (SSSR count). The number of carbonyl (C=O) groups is 2. The van der Waals surface area contributed by atoms with Crippen LogP contribution in [0, 0.1) is 0 Å². The van der Waals surface area contributed by atoms with E-state index in [-0.39, 0.29) is 24.4 Å². The molecule has 0 aromatic rings. The van der Waals surface area contributed by atoms with Crippen LogP contribution in [0.2, 0.25) is 0 Å². The van der Waals surface area contributed by atoms with Crippen molar-refractivity contribution >= 4 is 12.1 Å². The number of urea groups is 2. The lowest BCUT2D eigenvalue weighted by Gasteiger charge is -2.21. The van der Waals surface area contributed by atoms with Gasteiger partial charge in [-0.2, -0.15) is 0 Å². The fraction of sp³-hybridized carbons (Fsp3) is 0.800. The first-order chi connectivity index (χ1) is 7.69. The van der Waals surface area contributed by atoms with Crippen molar-refractivity contribution in [2.45, 2.75) is 39.0 Å². The first kappa shape index (κ1) is 11.0. The highest BCUT2D eigenvalue weighted by Gasteiger charge is 2.49. The summed E-state index contributed by atoms with van der Waals surface area (Å²) in [5, 5.41) is 5.69. The van der Waals surface area contributed by atoms with Gasteiger partial charge in [0.25, 0.3) is 0 Å². The standard InChI is InChI=1S/C10H18N4O2/c1-3-5-13-7-8(12-9(13)15)14(6-4-2)10(16)11-7/h7-8H,3-6H2,1-2H3,(H,11,16)(H,12,15). The van der Waals surface area contributed by atoms with Crippen LogP contribution in [-0.2, 0) is 0 Å². The molecule has 0 aromatic heterocycles. The summed E-state index contributed by atoms with van der Waals surface area (Å²) in [6.07, 6.45) is 1.37. The third-order valence-electron chi connectivity index (χ3n) is 2.96. The van der Waals surface area contributed by atoms with Gasteiger partial charge in [0.2, 0.25) is 0 Å². The van der Waals surface area contributed by atoms with Crippen LogP contribution in [0.4, 0.5) is 9.59 Å². The van der Waals surface area contributed by atoms with Crippen LogP contribution < -0.4 is 10.6 Å². The number of amides is 4. The maximum atomic E-state index is 11.7. The van der Waals surface area contributed by atoms with Crippen LogP contribution in [0.1, 0.15) is 26.7 Å². The Balaban J connectivity index is 2.11. The quantitative estimate of drug-likeness (QED) is 0.733. The summed E-state index contributed by atoms with van der Waals surface area (Å²) in [6, 6.07) is -0.170. The van der Waals surface area contributed by atoms with E-state index in [1.54, 1.807) is 9.80 Å². The van der Waals surface area contributed by atoms with Crippen molar-refractivity contribution in [3.05, 3.63) is 0 Å². The van der Waals surface area contributed by atoms with Crippen LogP contribution >= 0.6 is 0 Å². The van der Waals surface area contributed by atoms with Crippen LogP contribution in [0.5, 0.6) is 0 Å². The summed E-state index contributed by atoms with van der Waals surface area (Å²) in [4.78, 5) is 26.7. The van der Waals surface area contributed by atoms with E-state index in [1.807, 2.05) is 13.8 Å². The molecule has 16 heavy (non-hydrogen) atoms. The van der Waals surface area contributed by atoms with E-state index >= 15 is 0 Å². The third-order valence-corrected chi connectivity index (χ3v) is 2.96. The van der Waals surface area contributed by atoms with Gasteiger partial charge in [-0.15, -0.1) is 0 Å². The Kier molecular flexibility index (Phi) is 2.89. The lowest BCUT2D eigenvalue weighted by atomic mass is 10.3. The Morgan fingerprint density at radius 3 is 1.62 bits per heavy atom. The second-order valence-corrected chi connectivity index (χ2v) is 4.18. The van der Waals surface area contributed by atoms with E-state index in [0.29, 0.717) is 13.1 Å². The average Bonchev–Trinajstić information content (AvgIpc) is 2.69. The van der Waals surface area contributed by atoms with Crippen molar-refractivity contribution in [1.82, 2.24) is 20.4 Å². The zero-order valence-corrected chi connectivity index (χ0v) is 9.69. The van der Waals surface area contributed by atoms with Crippen LogP contribution in [0.25, 0.3) is 0 Å². The Labute approximate surface area is 95.0 Å². The molecule has 0 spiro atoms. The van der Waals surface area contributed by atoms with Crippen LogP contribution in [-0.4, -0.2) is 47.3 Å². The van der Waals surface area contributed by atoms with Crippen molar-refractivity contribution in [3.8, 4) is 0 Å². The minimum Gasteiger partial charge on any atom is -0.314 e. The smallest absolute Gasteiger partial charge is 0.314 e. The van der Waals surface area contributed by atoms with Gasteiger partial charge in [-0.25, -0.2) is 9.59 Å². The minimum atomic E-state index is -0.202. The lowest BCUT2D eigenvalue weighted by molar-refractivity contribution is 0.196. The molecule has 0 aliphatic carbocycles. The first-order valence-electron chi connectivity index (χ1n) is 5.83. The lowest BCUT2D eigenvalue weighted by Crippen LogP contribution is -2.43. The van der Waals surface area contributed by atoms with Gasteiger partial charge in [0, 0.05) is 13.1 Å². The van der Waals surface area contributed by atoms with E-state index in [0.717, 1.165) is 12.8 Å². The monoisotopic (exact) mass is 226 g/mol. The second-order valence-electron chi connectivity index (χ2n) is 4.18. The normalized spacial score (nSPS) is 28.1. The number of hydrogen-bond acceptors (Lipinski definition) is 2. The van der Waals surface area contributed by atoms with Gasteiger partial charge < -0.3 is 20.4 Å². The molecule has 2 fully saturated rings. The molecule has 0 saturated carbocycles. The molecule has 2 N–H and O–H groups in total. The highest BCUT2D eigenvalue weighted by atomic mass is 16.2. The molecule has 0 radical (unpaired) electrons. The summed E-state index contributed by atoms with van der Waals surface area (Å²) >= 11 is 0. The van der Waals surface area contributed by atoms with E-state index in [1.165, 1.54) is 0 Å². The molecule has 4 amide bonds. The van der Waals surface area contributed by atoms with Gasteiger partial charge in [-0.3, -0.25) is 0 Å². The molecule has 0 bridgehead atoms. The summed E-state index contributed by atoms with van der Waals surface area (Å²) in [5.74, 6) is 0. The molecule has 90 valence electrons. The predicted molar refractivity (Wildman–Crippen MR) is 58.6 cm³/mol. The number of fused-ring (bicyclic) bond motifs is 1. The fourth-order valence-electron chi connectivity index (χ4n) is 2.29. The Hall–Kier alpha value is -1.46. The number of carbonyl (C=O) groups excluding carboxylic acids is 2. The second kappa shape index (κ2) is 4.19. The number of nitrogens with one attached hydrogen (secondary N) is 2. The molecular weight excluding hydrogens is 208 g/mol. The summed E-state index contributed by atoms with van der Waals surface area (Å²) < 4.78 is 0. The first-order valence-corrected chi connectivity index (χ1v) is 5.83. The van der Waals surface area contributed by atoms with E-state index < -0.39 is 0 Å². The van der Waals surface area contributed by atoms with Crippen molar-refractivity contribution in [2.24, 2.45) is 0 Å². The molecule has 6 nitrogen and oxygen atoms in total. The highest BCUT2D eigenvalue weighted by molar-refractivity contribution is 5.84. The van der Waals surface area contributed by atoms with E-state index in [4.69, 9.17) is 0 Å². The fourth-order valence-corrected chi connectivity index (χ4v) is 2.29. The van der Waals surface area contributed by atoms with Gasteiger partial charge in [-0.05, 0) is 12.8 Å². The van der Waals surface area contributed by atoms with Crippen molar-refractivity contribution in [1.29, 1.82) is 0 Å². The van der Waals surface area contributed by atoms with Gasteiger partial charge in [0.15, 0.2) is 0 Å². The summed E-state index contributed by atoms with van der Waals surface area (Å²) in [5.41, 5.74) is 0. The Morgan fingerprint density at radius 1 is 0.938 bits per heavy atom. The molecule has 0 aromatic carbocycles. The van der Waals surface area contributed by atoms with Crippen molar-refractivity contribution < 1.29 is 9.59 Å². The molecule has 2 saturated heterocycles. The topological polar surface area (TPSA) is 64.7 Å². The Bertz CT molecular complexity index is 277. The average molecular weight is 226 g/mol. The minimum absolute atomic E-state index is 0.0852. The van der Waals surface area contributed by atoms with Crippen molar-refractivity contribution in [3.63, 3.8) is 0 Å². The van der Waals surface area contributed by atoms with E-state index in [2.05, 4.69) is 10.6 Å². The molecule has 2 atom stereocenters. The molecule has 2 heterocycles. The number of rotatable bonds is 4. The SMILES string of the molecule is CCCN1C(=O)NC2C1NC(=O)N2CCC. The zero-order valence-electron chi connectivity index (χ0n) is 9.69. The van der Waals surface area contributed by atoms with Gasteiger partial charge in [0.05, 0.1) is 0 Å². The molecular formula is C10H18N4O2. The van der Waals surface area contributed by atoms with Gasteiger partial charge in [0.1, 0.15) is 12.3 Å². The summed E-state index contributed by atoms with van der Waals surface area (Å²) in [6.45, 7) is 5.38. The highest BCUT2D eigenvalue weighted by Crippen LogP contribution is 2.21. The summed E-state index contributed by atoms with van der Waals surface area (Å²) in [7, 11) is 0. The molecule has 6 heteroatoms. The van der Waals surface area contributed by atoms with Gasteiger partial charge in [-0.1, -0.05) is 13.8 Å². The van der Waals surface area contributed by atoms with Gasteiger partial charge >= 0.3 is 12.1 Å². The van der Waals surface area contributed by atoms with E-state index in [9.17, 15) is 9.59 Å². The predicted octanol–water partition coefficient (Wildman–Crippen LogP) is 0.509. The maximum Gasteiger partial charge on any atom is 0.320 e. The molecule has 2 aliphatic rings. The van der Waals surface area contributed by atoms with Crippen LogP contribution in [0.15, 0.2) is 0 Å².